The van der Waals surface area contributed by atoms with Gasteiger partial charge < -0.3 is 23.7 Å². The Morgan fingerprint density at radius 1 is 1.28 bits per heavy atom. The van der Waals surface area contributed by atoms with Gasteiger partial charge in [0.25, 0.3) is 0 Å². The van der Waals surface area contributed by atoms with E-state index in [1.165, 1.54) is 5.57 Å². The molecule has 1 aromatic rings. The van der Waals surface area contributed by atoms with E-state index in [0.717, 1.165) is 25.7 Å². The molecule has 4 aliphatic carbocycles. The first kappa shape index (κ1) is 24.9. The molecule has 1 N–H and O–H groups in total. The number of hydrogen-bond acceptors (Lipinski definition) is 6. The molecule has 4 fully saturated rings. The number of carbonyl (C=O) groups excluding carboxylic acids is 1. The molecule has 0 radical (unpaired) electrons. The van der Waals surface area contributed by atoms with Crippen molar-refractivity contribution in [1.82, 2.24) is 0 Å². The van der Waals surface area contributed by atoms with Gasteiger partial charge in [0.2, 0.25) is 0 Å². The lowest BCUT2D eigenvalue weighted by molar-refractivity contribution is -0.450. The van der Waals surface area contributed by atoms with Gasteiger partial charge in [-0.1, -0.05) is 44.6 Å². The Morgan fingerprint density at radius 3 is 2.81 bits per heavy atom. The highest BCUT2D eigenvalue weighted by Gasteiger charge is 2.77. The van der Waals surface area contributed by atoms with E-state index in [0.29, 0.717) is 18.8 Å². The molecule has 1 unspecified atom stereocenters. The van der Waals surface area contributed by atoms with Crippen molar-refractivity contribution in [2.24, 2.45) is 28.6 Å². The minimum absolute atomic E-state index is 0.0315. The molecule has 3 saturated carbocycles. The average molecular weight is 517 g/mol. The molecule has 7 heteroatoms. The van der Waals surface area contributed by atoms with Gasteiger partial charge in [0.15, 0.2) is 11.5 Å². The number of alkyl halides is 1. The normalized spacial score (nSPS) is 49.9. The van der Waals surface area contributed by atoms with Gasteiger partial charge >= 0.3 is 5.97 Å². The Kier molecular flexibility index (Phi) is 5.55. The molecule has 1 aromatic heterocycles. The van der Waals surface area contributed by atoms with E-state index in [-0.39, 0.29) is 30.1 Å². The minimum atomic E-state index is -1.61. The summed E-state index contributed by atoms with van der Waals surface area (Å²) >= 11 is 7.64. The number of furan rings is 1. The van der Waals surface area contributed by atoms with Crippen LogP contribution in [0.1, 0.15) is 65.6 Å². The molecule has 2 heterocycles. The highest BCUT2D eigenvalue weighted by molar-refractivity contribution is 6.26. The molecule has 5 aliphatic rings. The summed E-state index contributed by atoms with van der Waals surface area (Å²) in [5.41, 5.74) is -0.942. The topological polar surface area (TPSA) is 78.1 Å². The van der Waals surface area contributed by atoms with E-state index in [1.54, 1.807) is 18.4 Å². The van der Waals surface area contributed by atoms with Crippen molar-refractivity contribution >= 4 is 17.4 Å². The molecule has 1 saturated heterocycles. The number of allylic oxidation sites excluding steroid dienone is 4. The molecule has 1 spiro atoms. The Labute approximate surface area is 218 Å². The summed E-state index contributed by atoms with van der Waals surface area (Å²) in [5.74, 6) is -1.32. The fourth-order valence-corrected chi connectivity index (χ4v) is 9.47. The van der Waals surface area contributed by atoms with Crippen LogP contribution in [0.2, 0.25) is 0 Å². The summed E-state index contributed by atoms with van der Waals surface area (Å²) < 4.78 is 24.6. The fraction of sp³-hybridized carbons (Fsp3) is 0.690. The maximum absolute atomic E-state index is 13.9. The van der Waals surface area contributed by atoms with Crippen LogP contribution in [0.4, 0.5) is 0 Å². The predicted octanol–water partition coefficient (Wildman–Crippen LogP) is 5.49. The molecule has 1 aliphatic heterocycles. The van der Waals surface area contributed by atoms with Crippen molar-refractivity contribution in [3.8, 4) is 0 Å². The Hall–Kier alpha value is -1.44. The molecule has 9 atom stereocenters. The largest absolute Gasteiger partial charge is 0.461 e. The second-order valence-electron chi connectivity index (χ2n) is 11.9. The molecule has 196 valence electrons. The van der Waals surface area contributed by atoms with Gasteiger partial charge in [-0.15, -0.1) is 11.6 Å². The summed E-state index contributed by atoms with van der Waals surface area (Å²) in [6.07, 6.45) is 11.3. The number of rotatable bonds is 3. The number of fused-ring (bicyclic) bond motifs is 6. The van der Waals surface area contributed by atoms with Crippen molar-refractivity contribution in [3.63, 3.8) is 0 Å². The Bertz CT molecular complexity index is 1110. The highest BCUT2D eigenvalue weighted by atomic mass is 35.5. The molecule has 0 amide bonds. The quantitative estimate of drug-likeness (QED) is 0.423. The van der Waals surface area contributed by atoms with Crippen molar-refractivity contribution in [2.45, 2.75) is 82.4 Å². The van der Waals surface area contributed by atoms with Gasteiger partial charge in [0.05, 0.1) is 23.8 Å². The third kappa shape index (κ3) is 2.80. The molecular formula is C29H37ClO6. The van der Waals surface area contributed by atoms with Crippen molar-refractivity contribution in [2.75, 3.05) is 13.2 Å². The van der Waals surface area contributed by atoms with Crippen LogP contribution in [-0.2, 0) is 25.0 Å². The van der Waals surface area contributed by atoms with Crippen molar-refractivity contribution < 1.29 is 28.5 Å². The van der Waals surface area contributed by atoms with E-state index >= 15 is 0 Å². The van der Waals surface area contributed by atoms with Gasteiger partial charge in [-0.25, -0.2) is 0 Å². The van der Waals surface area contributed by atoms with Crippen LogP contribution < -0.4 is 0 Å². The lowest BCUT2D eigenvalue weighted by Gasteiger charge is -2.65. The minimum Gasteiger partial charge on any atom is -0.461 e. The molecule has 0 bridgehead atoms. The molecule has 6 rings (SSSR count). The first-order valence-electron chi connectivity index (χ1n) is 13.4. The Balaban J connectivity index is 1.47. The van der Waals surface area contributed by atoms with Gasteiger partial charge in [-0.2, -0.15) is 0 Å². The van der Waals surface area contributed by atoms with E-state index in [2.05, 4.69) is 39.0 Å². The van der Waals surface area contributed by atoms with Gasteiger partial charge in [0, 0.05) is 10.8 Å². The number of aliphatic hydroxyl groups is 1. The SMILES string of the molecule is CCOC1(c2ccco2)OCC(=O)[C@@]2(O1)[C@H](C)C[C@H]1[C@@H]3CCC4=CCC=C[C@]4(C)[C@@]3(Cl)[C@@H](O)C[C@@]12C. The zero-order chi connectivity index (χ0) is 25.6. The van der Waals surface area contributed by atoms with Gasteiger partial charge in [-0.05, 0) is 68.9 Å². The van der Waals surface area contributed by atoms with Crippen LogP contribution >= 0.6 is 11.6 Å². The standard InChI is InChI=1S/C29H37ClO6/c1-5-34-29(24-10-8-14-33-24)35-17-23(32)28(36-29)18(2)15-21-20-12-11-19-9-6-7-13-25(19,3)27(20,30)22(31)16-26(21,28)4/h7-10,13-14,18,20-22,31H,5-6,11-12,15-17H2,1-4H3/t18-,20+,21+,22+,25+,26+,27+,28+,29?/m1/s1. The van der Waals surface area contributed by atoms with E-state index in [1.807, 2.05) is 6.92 Å². The predicted molar refractivity (Wildman–Crippen MR) is 134 cm³/mol. The third-order valence-electron chi connectivity index (χ3n) is 10.5. The van der Waals surface area contributed by atoms with E-state index in [9.17, 15) is 9.90 Å². The van der Waals surface area contributed by atoms with Crippen LogP contribution in [0.15, 0.2) is 46.6 Å². The van der Waals surface area contributed by atoms with Gasteiger partial charge in [-0.3, -0.25) is 4.79 Å². The fourth-order valence-electron chi connectivity index (χ4n) is 8.95. The number of carbonyl (C=O) groups is 1. The second-order valence-corrected chi connectivity index (χ2v) is 12.5. The van der Waals surface area contributed by atoms with E-state index < -0.39 is 33.4 Å². The van der Waals surface area contributed by atoms with Crippen LogP contribution in [0.5, 0.6) is 0 Å². The number of halogens is 1. The summed E-state index contributed by atoms with van der Waals surface area (Å²) in [5, 5.41) is 11.9. The number of ether oxygens (including phenoxy) is 3. The second kappa shape index (κ2) is 8.03. The molecule has 6 nitrogen and oxygen atoms in total. The first-order valence-corrected chi connectivity index (χ1v) is 13.8. The van der Waals surface area contributed by atoms with E-state index in [4.69, 9.17) is 30.2 Å². The maximum Gasteiger partial charge on any atom is 0.347 e. The summed E-state index contributed by atoms with van der Waals surface area (Å²) in [6.45, 7) is 8.42. The Morgan fingerprint density at radius 2 is 2.08 bits per heavy atom. The lowest BCUT2D eigenvalue weighted by Crippen LogP contribution is -2.71. The summed E-state index contributed by atoms with van der Waals surface area (Å²) in [6, 6.07) is 3.51. The smallest absolute Gasteiger partial charge is 0.347 e. The van der Waals surface area contributed by atoms with Crippen LogP contribution in [0.25, 0.3) is 0 Å². The van der Waals surface area contributed by atoms with Crippen LogP contribution in [-0.4, -0.2) is 40.7 Å². The molecule has 36 heavy (non-hydrogen) atoms. The van der Waals surface area contributed by atoms with Crippen LogP contribution in [0.3, 0.4) is 0 Å². The number of Topliss-reactive ketones (excluding diaryl/α,β-unsaturated/α-hetero) is 1. The van der Waals surface area contributed by atoms with Gasteiger partial charge in [0.1, 0.15) is 12.2 Å². The average Bonchev–Trinajstić information content (AvgIpc) is 3.45. The zero-order valence-electron chi connectivity index (χ0n) is 21.6. The summed E-state index contributed by atoms with van der Waals surface area (Å²) in [4.78, 5) is 13.1. The maximum atomic E-state index is 13.9. The third-order valence-corrected chi connectivity index (χ3v) is 11.4. The van der Waals surface area contributed by atoms with Crippen LogP contribution in [0, 0.1) is 28.6 Å². The highest BCUT2D eigenvalue weighted by Crippen LogP contribution is 2.73. The first-order chi connectivity index (χ1) is 17.1. The van der Waals surface area contributed by atoms with Crippen molar-refractivity contribution in [1.29, 1.82) is 0 Å². The molecule has 0 aromatic carbocycles. The number of ketones is 1. The number of hydrogen-bond donors (Lipinski definition) is 1. The monoisotopic (exact) mass is 516 g/mol. The number of aliphatic hydroxyl groups excluding tert-OH is 1. The lowest BCUT2D eigenvalue weighted by atomic mass is 9.45. The van der Waals surface area contributed by atoms with Crippen molar-refractivity contribution in [3.05, 3.63) is 48.0 Å². The summed E-state index contributed by atoms with van der Waals surface area (Å²) in [7, 11) is 0. The molecular weight excluding hydrogens is 480 g/mol. The zero-order valence-corrected chi connectivity index (χ0v) is 22.3.